The molecule has 0 saturated carbocycles. The number of benzene rings is 1. The Morgan fingerprint density at radius 2 is 2.11 bits per heavy atom. The van der Waals surface area contributed by atoms with E-state index >= 15 is 0 Å². The van der Waals surface area contributed by atoms with Crippen LogP contribution in [-0.4, -0.2) is 31.1 Å². The van der Waals surface area contributed by atoms with Crippen LogP contribution in [0.15, 0.2) is 34.9 Å². The van der Waals surface area contributed by atoms with Crippen LogP contribution in [0.2, 0.25) is 0 Å². The third-order valence-corrected chi connectivity index (χ3v) is 3.63. The van der Waals surface area contributed by atoms with Gasteiger partial charge in [-0.1, -0.05) is 18.2 Å². The fraction of sp³-hybridized carbons (Fsp3) is 0.467. The summed E-state index contributed by atoms with van der Waals surface area (Å²) in [7, 11) is 2.16. The third kappa shape index (κ3) is 2.92. The maximum atomic E-state index is 5.59. The number of nitrogens with two attached hydrogens (primary N) is 1. The zero-order chi connectivity index (χ0) is 13.0. The number of fused-ring (bicyclic) bond motifs is 1. The van der Waals surface area contributed by atoms with Gasteiger partial charge in [0.1, 0.15) is 5.58 Å². The number of rotatable bonds is 6. The van der Waals surface area contributed by atoms with Crippen LogP contribution in [0, 0.1) is 0 Å². The Morgan fingerprint density at radius 3 is 2.89 bits per heavy atom. The van der Waals surface area contributed by atoms with Crippen molar-refractivity contribution in [2.24, 2.45) is 5.73 Å². The maximum Gasteiger partial charge on any atom is 0.134 e. The first-order valence-electron chi connectivity index (χ1n) is 6.57. The number of nitrogens with zero attached hydrogens (tertiary/aromatic N) is 1. The predicted molar refractivity (Wildman–Crippen MR) is 75.7 cm³/mol. The number of para-hydroxylation sites is 1. The molecule has 1 aromatic heterocycles. The molecule has 1 atom stereocenters. The van der Waals surface area contributed by atoms with Crippen LogP contribution in [0.1, 0.15) is 18.9 Å². The highest BCUT2D eigenvalue weighted by atomic mass is 16.3. The van der Waals surface area contributed by atoms with E-state index in [0.29, 0.717) is 6.04 Å². The van der Waals surface area contributed by atoms with E-state index in [4.69, 9.17) is 10.2 Å². The first-order chi connectivity index (χ1) is 8.72. The lowest BCUT2D eigenvalue weighted by molar-refractivity contribution is 0.251. The first kappa shape index (κ1) is 13.1. The smallest absolute Gasteiger partial charge is 0.134 e. The Hall–Kier alpha value is -1.32. The van der Waals surface area contributed by atoms with Crippen molar-refractivity contribution < 1.29 is 4.42 Å². The van der Waals surface area contributed by atoms with Crippen molar-refractivity contribution in [2.75, 3.05) is 20.1 Å². The minimum Gasteiger partial charge on any atom is -0.464 e. The van der Waals surface area contributed by atoms with Crippen LogP contribution in [0.5, 0.6) is 0 Å². The molecule has 1 unspecified atom stereocenters. The second-order valence-corrected chi connectivity index (χ2v) is 4.91. The van der Waals surface area contributed by atoms with E-state index in [1.807, 2.05) is 18.4 Å². The van der Waals surface area contributed by atoms with E-state index < -0.39 is 0 Å². The minimum absolute atomic E-state index is 0.535. The quantitative estimate of drug-likeness (QED) is 0.852. The summed E-state index contributed by atoms with van der Waals surface area (Å²) in [6.07, 6.45) is 3.94. The average Bonchev–Trinajstić information content (AvgIpc) is 2.79. The van der Waals surface area contributed by atoms with Crippen LogP contribution >= 0.6 is 0 Å². The summed E-state index contributed by atoms with van der Waals surface area (Å²) in [5, 5.41) is 1.23. The molecule has 3 heteroatoms. The van der Waals surface area contributed by atoms with Crippen molar-refractivity contribution in [3.05, 3.63) is 36.1 Å². The molecule has 0 aliphatic heterocycles. The molecule has 1 aromatic carbocycles. The van der Waals surface area contributed by atoms with Crippen LogP contribution < -0.4 is 5.73 Å². The van der Waals surface area contributed by atoms with Crippen LogP contribution in [0.3, 0.4) is 0 Å². The Bertz CT molecular complexity index is 492. The largest absolute Gasteiger partial charge is 0.464 e. The molecule has 1 heterocycles. The zero-order valence-corrected chi connectivity index (χ0v) is 11.2. The van der Waals surface area contributed by atoms with E-state index in [9.17, 15) is 0 Å². The third-order valence-electron chi connectivity index (χ3n) is 3.63. The summed E-state index contributed by atoms with van der Waals surface area (Å²) in [5.41, 5.74) is 7.86. The molecule has 0 saturated heterocycles. The van der Waals surface area contributed by atoms with Crippen molar-refractivity contribution in [2.45, 2.75) is 25.8 Å². The molecule has 0 fully saturated rings. The van der Waals surface area contributed by atoms with Gasteiger partial charge in [0.05, 0.1) is 6.26 Å². The van der Waals surface area contributed by atoms with Crippen molar-refractivity contribution in [1.82, 2.24) is 4.90 Å². The van der Waals surface area contributed by atoms with Crippen molar-refractivity contribution >= 4 is 11.0 Å². The molecule has 98 valence electrons. The lowest BCUT2D eigenvalue weighted by Crippen LogP contribution is -2.32. The fourth-order valence-corrected chi connectivity index (χ4v) is 2.21. The fourth-order valence-electron chi connectivity index (χ4n) is 2.21. The van der Waals surface area contributed by atoms with Gasteiger partial charge in [-0.05, 0) is 45.0 Å². The lowest BCUT2D eigenvalue weighted by Gasteiger charge is -2.23. The second-order valence-electron chi connectivity index (χ2n) is 4.91. The molecular formula is C15H22N2O. The average molecular weight is 246 g/mol. The first-order valence-corrected chi connectivity index (χ1v) is 6.57. The van der Waals surface area contributed by atoms with Gasteiger partial charge in [-0.25, -0.2) is 0 Å². The standard InChI is InChI=1S/C15H22N2O/c1-12(7-9-16)17(2)10-8-13-11-18-15-6-4-3-5-14(13)15/h3-6,11-12H,7-10,16H2,1-2H3. The summed E-state index contributed by atoms with van der Waals surface area (Å²) >= 11 is 0. The molecule has 0 amide bonds. The second kappa shape index (κ2) is 6.03. The topological polar surface area (TPSA) is 42.4 Å². The van der Waals surface area contributed by atoms with Gasteiger partial charge in [0.25, 0.3) is 0 Å². The molecule has 2 N–H and O–H groups in total. The van der Waals surface area contributed by atoms with E-state index in [0.717, 1.165) is 31.5 Å². The van der Waals surface area contributed by atoms with Gasteiger partial charge in [-0.15, -0.1) is 0 Å². The number of furan rings is 1. The summed E-state index contributed by atoms with van der Waals surface area (Å²) in [5.74, 6) is 0. The van der Waals surface area contributed by atoms with E-state index in [1.165, 1.54) is 10.9 Å². The predicted octanol–water partition coefficient (Wildman–Crippen LogP) is 2.64. The molecule has 0 aliphatic rings. The summed E-state index contributed by atoms with van der Waals surface area (Å²) in [6.45, 7) is 4.01. The van der Waals surface area contributed by atoms with Crippen molar-refractivity contribution in [3.8, 4) is 0 Å². The van der Waals surface area contributed by atoms with Crippen LogP contribution in [0.4, 0.5) is 0 Å². The number of hydrogen-bond donors (Lipinski definition) is 1. The maximum absolute atomic E-state index is 5.59. The molecular weight excluding hydrogens is 224 g/mol. The number of hydrogen-bond acceptors (Lipinski definition) is 3. The Balaban J connectivity index is 1.98. The lowest BCUT2D eigenvalue weighted by atomic mass is 10.1. The van der Waals surface area contributed by atoms with Gasteiger partial charge in [-0.3, -0.25) is 0 Å². The van der Waals surface area contributed by atoms with Gasteiger partial charge in [0, 0.05) is 18.0 Å². The SMILES string of the molecule is CC(CCN)N(C)CCc1coc2ccccc12. The van der Waals surface area contributed by atoms with Crippen molar-refractivity contribution in [3.63, 3.8) is 0 Å². The Labute approximate surface area is 109 Å². The van der Waals surface area contributed by atoms with E-state index in [2.05, 4.69) is 31.0 Å². The number of likely N-dealkylation sites (N-methyl/N-ethyl adjacent to an activating group) is 1. The zero-order valence-electron chi connectivity index (χ0n) is 11.2. The van der Waals surface area contributed by atoms with E-state index in [1.54, 1.807) is 0 Å². The van der Waals surface area contributed by atoms with Crippen LogP contribution in [-0.2, 0) is 6.42 Å². The molecule has 2 rings (SSSR count). The van der Waals surface area contributed by atoms with Gasteiger partial charge >= 0.3 is 0 Å². The molecule has 0 spiro atoms. The normalized spacial score (nSPS) is 13.3. The minimum atomic E-state index is 0.535. The van der Waals surface area contributed by atoms with Gasteiger partial charge in [0.15, 0.2) is 0 Å². The molecule has 18 heavy (non-hydrogen) atoms. The van der Waals surface area contributed by atoms with Crippen molar-refractivity contribution in [1.29, 1.82) is 0 Å². The van der Waals surface area contributed by atoms with Gasteiger partial charge < -0.3 is 15.1 Å². The molecule has 3 nitrogen and oxygen atoms in total. The van der Waals surface area contributed by atoms with Crippen LogP contribution in [0.25, 0.3) is 11.0 Å². The Kier molecular flexibility index (Phi) is 4.39. The molecule has 0 radical (unpaired) electrons. The highest BCUT2D eigenvalue weighted by Crippen LogP contribution is 2.21. The van der Waals surface area contributed by atoms with Gasteiger partial charge in [-0.2, -0.15) is 0 Å². The molecule has 2 aromatic rings. The molecule has 0 bridgehead atoms. The summed E-state index contributed by atoms with van der Waals surface area (Å²) in [4.78, 5) is 2.36. The van der Waals surface area contributed by atoms with E-state index in [-0.39, 0.29) is 0 Å². The highest BCUT2D eigenvalue weighted by Gasteiger charge is 2.10. The summed E-state index contributed by atoms with van der Waals surface area (Å²) < 4.78 is 5.55. The van der Waals surface area contributed by atoms with Gasteiger partial charge in [0.2, 0.25) is 0 Å². The highest BCUT2D eigenvalue weighted by molar-refractivity contribution is 5.80. The summed E-state index contributed by atoms with van der Waals surface area (Å²) in [6, 6.07) is 8.73. The Morgan fingerprint density at radius 1 is 1.33 bits per heavy atom. The monoisotopic (exact) mass is 246 g/mol. The molecule has 0 aliphatic carbocycles.